The number of aromatic nitrogens is 5. The Balaban J connectivity index is 1.86. The Morgan fingerprint density at radius 1 is 1.30 bits per heavy atom. The van der Waals surface area contributed by atoms with E-state index in [-0.39, 0.29) is 5.69 Å². The normalized spacial score (nSPS) is 13.4. The van der Waals surface area contributed by atoms with E-state index in [0.717, 1.165) is 24.3 Å². The average molecular weight is 268 g/mol. The van der Waals surface area contributed by atoms with Crippen LogP contribution in [0.3, 0.4) is 0 Å². The molecule has 7 nitrogen and oxygen atoms in total. The predicted octanol–water partition coefficient (Wildman–Crippen LogP) is 0.302. The Morgan fingerprint density at radius 2 is 2.25 bits per heavy atom. The van der Waals surface area contributed by atoms with Crippen molar-refractivity contribution in [2.24, 2.45) is 0 Å². The minimum absolute atomic E-state index is 0.133. The molecule has 3 aromatic rings. The molecule has 4 heterocycles. The van der Waals surface area contributed by atoms with E-state index in [0.29, 0.717) is 17.9 Å². The smallest absolute Gasteiger partial charge is 0.351 e. The second-order valence-corrected chi connectivity index (χ2v) is 4.72. The first-order valence-corrected chi connectivity index (χ1v) is 6.45. The van der Waals surface area contributed by atoms with Crippen LogP contribution < -0.4 is 11.0 Å². The van der Waals surface area contributed by atoms with Gasteiger partial charge >= 0.3 is 5.69 Å². The highest BCUT2D eigenvalue weighted by atomic mass is 16.2. The minimum atomic E-state index is -0.133. The topological polar surface area (TPSA) is 77.1 Å². The van der Waals surface area contributed by atoms with Gasteiger partial charge < -0.3 is 5.32 Å². The van der Waals surface area contributed by atoms with Crippen LogP contribution in [0.5, 0.6) is 0 Å². The summed E-state index contributed by atoms with van der Waals surface area (Å²) in [5.74, 6) is 0. The van der Waals surface area contributed by atoms with Crippen LogP contribution in [-0.2, 0) is 13.0 Å². The Labute approximate surface area is 113 Å². The van der Waals surface area contributed by atoms with Gasteiger partial charge in [0, 0.05) is 19.2 Å². The quantitative estimate of drug-likeness (QED) is 0.723. The van der Waals surface area contributed by atoms with Gasteiger partial charge in [-0.1, -0.05) is 0 Å². The van der Waals surface area contributed by atoms with Crippen LogP contribution >= 0.6 is 0 Å². The van der Waals surface area contributed by atoms with Crippen LogP contribution in [0.15, 0.2) is 35.3 Å². The van der Waals surface area contributed by atoms with Gasteiger partial charge in [0.1, 0.15) is 0 Å². The van der Waals surface area contributed by atoms with Gasteiger partial charge in [0.25, 0.3) is 0 Å². The lowest BCUT2D eigenvalue weighted by Gasteiger charge is -2.00. The number of rotatable bonds is 2. The van der Waals surface area contributed by atoms with Gasteiger partial charge in [-0.05, 0) is 24.3 Å². The molecule has 0 saturated heterocycles. The summed E-state index contributed by atoms with van der Waals surface area (Å²) in [6.45, 7) is 1.19. The summed E-state index contributed by atoms with van der Waals surface area (Å²) >= 11 is 0. The lowest BCUT2D eigenvalue weighted by molar-refractivity contribution is 0.637. The molecule has 0 saturated carbocycles. The molecule has 1 aliphatic rings. The maximum Gasteiger partial charge on any atom is 0.351 e. The molecule has 0 bridgehead atoms. The molecule has 0 unspecified atom stereocenters. The largest absolute Gasteiger partial charge is 0.383 e. The van der Waals surface area contributed by atoms with Gasteiger partial charge in [-0.25, -0.2) is 13.9 Å². The lowest BCUT2D eigenvalue weighted by atomic mass is 10.3. The molecule has 0 aromatic carbocycles. The van der Waals surface area contributed by atoms with Crippen molar-refractivity contribution >= 4 is 11.3 Å². The molecular weight excluding hydrogens is 256 g/mol. The van der Waals surface area contributed by atoms with Crippen molar-refractivity contribution in [3.63, 3.8) is 0 Å². The number of hydrogen-bond donors (Lipinski definition) is 1. The molecule has 4 rings (SSSR count). The molecule has 0 aliphatic carbocycles. The van der Waals surface area contributed by atoms with Crippen molar-refractivity contribution < 1.29 is 0 Å². The van der Waals surface area contributed by atoms with Crippen molar-refractivity contribution in [2.75, 3.05) is 11.9 Å². The standard InChI is InChI=1S/C13H12N6O/c20-13-18(8-9-2-1-6-15-16-9)17-12-4-3-10-11(19(12)13)5-7-14-10/h1-4,6,14H,5,7-8H2. The van der Waals surface area contributed by atoms with E-state index >= 15 is 0 Å². The van der Waals surface area contributed by atoms with Crippen LogP contribution in [0, 0.1) is 0 Å². The number of hydrogen-bond acceptors (Lipinski definition) is 5. The molecule has 20 heavy (non-hydrogen) atoms. The fourth-order valence-corrected chi connectivity index (χ4v) is 2.56. The molecule has 100 valence electrons. The maximum absolute atomic E-state index is 12.5. The summed E-state index contributed by atoms with van der Waals surface area (Å²) in [6.07, 6.45) is 2.44. The van der Waals surface area contributed by atoms with Crippen molar-refractivity contribution in [3.8, 4) is 0 Å². The lowest BCUT2D eigenvalue weighted by Crippen LogP contribution is -2.23. The Morgan fingerprint density at radius 3 is 3.10 bits per heavy atom. The molecule has 0 radical (unpaired) electrons. The first-order valence-electron chi connectivity index (χ1n) is 6.45. The molecule has 0 fully saturated rings. The zero-order valence-corrected chi connectivity index (χ0v) is 10.7. The highest BCUT2D eigenvalue weighted by Crippen LogP contribution is 2.21. The predicted molar refractivity (Wildman–Crippen MR) is 72.8 cm³/mol. The minimum Gasteiger partial charge on any atom is -0.383 e. The van der Waals surface area contributed by atoms with E-state index in [1.54, 1.807) is 16.7 Å². The van der Waals surface area contributed by atoms with Crippen molar-refractivity contribution in [2.45, 2.75) is 13.0 Å². The summed E-state index contributed by atoms with van der Waals surface area (Å²) < 4.78 is 3.10. The second kappa shape index (κ2) is 4.16. The molecule has 7 heteroatoms. The molecule has 0 atom stereocenters. The first kappa shape index (κ1) is 11.2. The number of fused-ring (bicyclic) bond motifs is 3. The van der Waals surface area contributed by atoms with Gasteiger partial charge in [-0.15, -0.1) is 5.10 Å². The van der Waals surface area contributed by atoms with Crippen molar-refractivity contribution in [3.05, 3.63) is 52.3 Å². The van der Waals surface area contributed by atoms with E-state index in [1.165, 1.54) is 4.68 Å². The van der Waals surface area contributed by atoms with Crippen LogP contribution in [0.1, 0.15) is 11.4 Å². The van der Waals surface area contributed by atoms with Gasteiger partial charge in [-0.3, -0.25) is 0 Å². The summed E-state index contributed by atoms with van der Waals surface area (Å²) in [6, 6.07) is 7.45. The molecule has 3 aromatic heterocycles. The van der Waals surface area contributed by atoms with Gasteiger partial charge in [-0.2, -0.15) is 10.2 Å². The molecule has 1 aliphatic heterocycles. The monoisotopic (exact) mass is 268 g/mol. The van der Waals surface area contributed by atoms with Crippen molar-refractivity contribution in [1.82, 2.24) is 24.4 Å². The third-order valence-electron chi connectivity index (χ3n) is 3.46. The number of nitrogens with one attached hydrogen (secondary N) is 1. The van der Waals surface area contributed by atoms with E-state index in [1.807, 2.05) is 18.2 Å². The summed E-state index contributed by atoms with van der Waals surface area (Å²) in [5.41, 5.74) is 3.26. The Hall–Kier alpha value is -2.70. The van der Waals surface area contributed by atoms with E-state index in [2.05, 4.69) is 20.6 Å². The summed E-state index contributed by atoms with van der Waals surface area (Å²) in [7, 11) is 0. The SMILES string of the molecule is O=c1n(Cc2cccnn2)nc2ccc3c(n12)CCN3. The second-order valence-electron chi connectivity index (χ2n) is 4.72. The fraction of sp³-hybridized carbons (Fsp3) is 0.231. The third-order valence-corrected chi connectivity index (χ3v) is 3.46. The van der Waals surface area contributed by atoms with Gasteiger partial charge in [0.15, 0.2) is 5.65 Å². The number of anilines is 1. The number of pyridine rings is 1. The number of nitrogens with zero attached hydrogens (tertiary/aromatic N) is 5. The maximum atomic E-state index is 12.5. The summed E-state index contributed by atoms with van der Waals surface area (Å²) in [4.78, 5) is 12.5. The molecular formula is C13H12N6O. The van der Waals surface area contributed by atoms with Crippen molar-refractivity contribution in [1.29, 1.82) is 0 Å². The Kier molecular flexibility index (Phi) is 2.32. The van der Waals surface area contributed by atoms with E-state index in [4.69, 9.17) is 0 Å². The molecule has 0 spiro atoms. The fourth-order valence-electron chi connectivity index (χ4n) is 2.56. The van der Waals surface area contributed by atoms with Crippen LogP contribution in [0.4, 0.5) is 5.69 Å². The zero-order chi connectivity index (χ0) is 13.5. The van der Waals surface area contributed by atoms with Crippen LogP contribution in [0.25, 0.3) is 5.65 Å². The van der Waals surface area contributed by atoms with Crippen LogP contribution in [0.2, 0.25) is 0 Å². The first-order chi connectivity index (χ1) is 9.83. The Bertz CT molecular complexity index is 835. The highest BCUT2D eigenvalue weighted by molar-refractivity contribution is 5.58. The third kappa shape index (κ3) is 1.59. The molecule has 0 amide bonds. The summed E-state index contributed by atoms with van der Waals surface area (Å²) in [5, 5.41) is 15.4. The highest BCUT2D eigenvalue weighted by Gasteiger charge is 2.18. The molecule has 1 N–H and O–H groups in total. The van der Waals surface area contributed by atoms with Gasteiger partial charge in [0.05, 0.1) is 23.6 Å². The van der Waals surface area contributed by atoms with Crippen LogP contribution in [-0.4, -0.2) is 30.9 Å². The average Bonchev–Trinajstić information content (AvgIpc) is 3.05. The van der Waals surface area contributed by atoms with E-state index < -0.39 is 0 Å². The van der Waals surface area contributed by atoms with Gasteiger partial charge in [0.2, 0.25) is 0 Å². The van der Waals surface area contributed by atoms with E-state index in [9.17, 15) is 4.79 Å². The zero-order valence-electron chi connectivity index (χ0n) is 10.7.